The lowest BCUT2D eigenvalue weighted by atomic mass is 10.1. The van der Waals surface area contributed by atoms with Gasteiger partial charge in [-0.3, -0.25) is 0 Å². The van der Waals surface area contributed by atoms with Crippen molar-refractivity contribution in [2.24, 2.45) is 0 Å². The first-order valence-corrected chi connectivity index (χ1v) is 7.86. The third kappa shape index (κ3) is 5.01. The molecule has 1 saturated carbocycles. The summed E-state index contributed by atoms with van der Waals surface area (Å²) in [6.45, 7) is 0. The lowest BCUT2D eigenvalue weighted by Gasteiger charge is -2.19. The van der Waals surface area contributed by atoms with Crippen LogP contribution in [0.25, 0.3) is 0 Å². The lowest BCUT2D eigenvalue weighted by Crippen LogP contribution is -2.37. The van der Waals surface area contributed by atoms with Crippen molar-refractivity contribution in [2.45, 2.75) is 44.6 Å². The van der Waals surface area contributed by atoms with Crippen molar-refractivity contribution in [3.05, 3.63) is 29.8 Å². The second-order valence-corrected chi connectivity index (χ2v) is 5.77. The zero-order valence-electron chi connectivity index (χ0n) is 12.4. The summed E-state index contributed by atoms with van der Waals surface area (Å²) in [4.78, 5) is 11.5. The number of rotatable bonds is 3. The number of hydrogen-bond donors (Lipinski definition) is 2. The number of nitrogens with one attached hydrogen (secondary N) is 2. The molecule has 1 fully saturated rings. The maximum absolute atomic E-state index is 11.5. The van der Waals surface area contributed by atoms with Gasteiger partial charge in [0.05, 0.1) is 12.7 Å². The van der Waals surface area contributed by atoms with E-state index in [1.54, 1.807) is 12.1 Å². The number of ether oxygens (including phenoxy) is 1. The molecule has 5 heteroatoms. The second kappa shape index (κ2) is 7.98. The molecule has 0 unspecified atom stereocenters. The molecule has 0 aromatic heterocycles. The predicted molar refractivity (Wildman–Crippen MR) is 88.6 cm³/mol. The topological polar surface area (TPSA) is 50.4 Å². The van der Waals surface area contributed by atoms with Gasteiger partial charge in [0.1, 0.15) is 0 Å². The van der Waals surface area contributed by atoms with Crippen LogP contribution in [0.5, 0.6) is 0 Å². The summed E-state index contributed by atoms with van der Waals surface area (Å²) in [6.07, 6.45) is 7.50. The first-order valence-electron chi connectivity index (χ1n) is 7.45. The van der Waals surface area contributed by atoms with Gasteiger partial charge in [0.25, 0.3) is 0 Å². The molecule has 1 aliphatic rings. The molecular formula is C16H22N2O2S. The molecule has 1 aromatic carbocycles. The fourth-order valence-electron chi connectivity index (χ4n) is 2.62. The van der Waals surface area contributed by atoms with Gasteiger partial charge >= 0.3 is 5.97 Å². The van der Waals surface area contributed by atoms with Crippen LogP contribution in [0.1, 0.15) is 48.9 Å². The van der Waals surface area contributed by atoms with Gasteiger partial charge in [0, 0.05) is 11.7 Å². The van der Waals surface area contributed by atoms with Gasteiger partial charge in [-0.15, -0.1) is 0 Å². The zero-order chi connectivity index (χ0) is 15.1. The highest BCUT2D eigenvalue weighted by Gasteiger charge is 2.13. The van der Waals surface area contributed by atoms with Crippen molar-refractivity contribution in [1.29, 1.82) is 0 Å². The van der Waals surface area contributed by atoms with E-state index in [0.29, 0.717) is 16.7 Å². The van der Waals surface area contributed by atoms with Crippen molar-refractivity contribution in [3.63, 3.8) is 0 Å². The van der Waals surface area contributed by atoms with E-state index in [1.807, 2.05) is 12.1 Å². The number of anilines is 1. The minimum atomic E-state index is -0.346. The molecule has 4 nitrogen and oxygen atoms in total. The number of carbonyl (C=O) groups is 1. The van der Waals surface area contributed by atoms with Gasteiger partial charge in [0.15, 0.2) is 5.11 Å². The van der Waals surface area contributed by atoms with Crippen molar-refractivity contribution in [2.75, 3.05) is 12.4 Å². The summed E-state index contributed by atoms with van der Waals surface area (Å²) >= 11 is 5.36. The Labute approximate surface area is 131 Å². The fraction of sp³-hybridized carbons (Fsp3) is 0.500. The third-order valence-corrected chi connectivity index (χ3v) is 3.95. The molecule has 21 heavy (non-hydrogen) atoms. The van der Waals surface area contributed by atoms with E-state index in [0.717, 1.165) is 5.69 Å². The average molecular weight is 306 g/mol. The molecule has 0 radical (unpaired) electrons. The first kappa shape index (κ1) is 15.8. The predicted octanol–water partition coefficient (Wildman–Crippen LogP) is 3.48. The highest BCUT2D eigenvalue weighted by Crippen LogP contribution is 2.17. The van der Waals surface area contributed by atoms with E-state index < -0.39 is 0 Å². The summed E-state index contributed by atoms with van der Waals surface area (Å²) in [6, 6.07) is 7.61. The maximum Gasteiger partial charge on any atom is 0.337 e. The van der Waals surface area contributed by atoms with E-state index in [1.165, 1.54) is 45.6 Å². The monoisotopic (exact) mass is 306 g/mol. The molecule has 0 atom stereocenters. The summed E-state index contributed by atoms with van der Waals surface area (Å²) in [5.41, 5.74) is 1.31. The van der Waals surface area contributed by atoms with Crippen LogP contribution in [0.15, 0.2) is 24.3 Å². The van der Waals surface area contributed by atoms with Gasteiger partial charge in [-0.25, -0.2) is 4.79 Å². The highest BCUT2D eigenvalue weighted by atomic mass is 32.1. The fourth-order valence-corrected chi connectivity index (χ4v) is 2.90. The van der Waals surface area contributed by atoms with E-state index >= 15 is 0 Å². The molecule has 0 spiro atoms. The molecule has 1 aromatic rings. The molecule has 0 amide bonds. The smallest absolute Gasteiger partial charge is 0.337 e. The van der Waals surface area contributed by atoms with Crippen LogP contribution >= 0.6 is 12.2 Å². The quantitative estimate of drug-likeness (QED) is 0.509. The summed E-state index contributed by atoms with van der Waals surface area (Å²) < 4.78 is 4.72. The Kier molecular flexibility index (Phi) is 5.99. The Morgan fingerprint density at radius 2 is 1.95 bits per heavy atom. The van der Waals surface area contributed by atoms with Crippen molar-refractivity contribution >= 4 is 29.0 Å². The zero-order valence-corrected chi connectivity index (χ0v) is 13.2. The summed E-state index contributed by atoms with van der Waals surface area (Å²) in [7, 11) is 1.38. The van der Waals surface area contributed by atoms with Crippen LogP contribution in [0, 0.1) is 0 Å². The number of esters is 1. The average Bonchev–Trinajstić information content (AvgIpc) is 2.75. The number of carbonyl (C=O) groups excluding carboxylic acids is 1. The third-order valence-electron chi connectivity index (χ3n) is 3.73. The summed E-state index contributed by atoms with van der Waals surface area (Å²) in [5, 5.41) is 7.13. The van der Waals surface area contributed by atoms with Gasteiger partial charge in [-0.05, 0) is 43.3 Å². The Hall–Kier alpha value is -1.62. The van der Waals surface area contributed by atoms with Crippen molar-refractivity contribution < 1.29 is 9.53 Å². The van der Waals surface area contributed by atoms with E-state index in [4.69, 9.17) is 17.0 Å². The molecule has 2 N–H and O–H groups in total. The van der Waals surface area contributed by atoms with Crippen LogP contribution < -0.4 is 10.6 Å². The van der Waals surface area contributed by atoms with E-state index in [9.17, 15) is 4.79 Å². The van der Waals surface area contributed by atoms with Crippen LogP contribution in [-0.4, -0.2) is 24.2 Å². The Bertz CT molecular complexity index is 497. The molecule has 0 heterocycles. The van der Waals surface area contributed by atoms with Crippen LogP contribution in [-0.2, 0) is 4.74 Å². The number of thiocarbonyl (C=S) groups is 1. The lowest BCUT2D eigenvalue weighted by molar-refractivity contribution is 0.0601. The molecule has 0 saturated heterocycles. The van der Waals surface area contributed by atoms with Crippen LogP contribution in [0.3, 0.4) is 0 Å². The largest absolute Gasteiger partial charge is 0.465 e. The van der Waals surface area contributed by atoms with Crippen molar-refractivity contribution in [3.8, 4) is 0 Å². The molecule has 0 bridgehead atoms. The van der Waals surface area contributed by atoms with E-state index in [2.05, 4.69) is 10.6 Å². The van der Waals surface area contributed by atoms with Gasteiger partial charge in [-0.1, -0.05) is 31.7 Å². The van der Waals surface area contributed by atoms with Crippen molar-refractivity contribution in [1.82, 2.24) is 5.32 Å². The van der Waals surface area contributed by atoms with Crippen LogP contribution in [0.4, 0.5) is 5.69 Å². The highest BCUT2D eigenvalue weighted by molar-refractivity contribution is 7.80. The second-order valence-electron chi connectivity index (χ2n) is 5.36. The molecular weight excluding hydrogens is 284 g/mol. The molecule has 1 aliphatic carbocycles. The Morgan fingerprint density at radius 3 is 2.62 bits per heavy atom. The van der Waals surface area contributed by atoms with Gasteiger partial charge in [0.2, 0.25) is 0 Å². The number of hydrogen-bond acceptors (Lipinski definition) is 3. The Balaban J connectivity index is 1.91. The SMILES string of the molecule is COC(=O)c1cccc(NC(=S)NC2CCCCCC2)c1. The van der Waals surface area contributed by atoms with Gasteiger partial charge in [-0.2, -0.15) is 0 Å². The number of methoxy groups -OCH3 is 1. The standard InChI is InChI=1S/C16H22N2O2S/c1-20-15(19)12-7-6-10-14(11-12)18-16(21)17-13-8-4-2-3-5-9-13/h6-7,10-11,13H,2-5,8-9H2,1H3,(H2,17,18,21). The molecule has 2 rings (SSSR count). The maximum atomic E-state index is 11.5. The van der Waals surface area contributed by atoms with E-state index in [-0.39, 0.29) is 5.97 Å². The first-order chi connectivity index (χ1) is 10.2. The molecule has 0 aliphatic heterocycles. The molecule has 114 valence electrons. The van der Waals surface area contributed by atoms with Crippen LogP contribution in [0.2, 0.25) is 0 Å². The number of benzene rings is 1. The minimum Gasteiger partial charge on any atom is -0.465 e. The minimum absolute atomic E-state index is 0.346. The van der Waals surface area contributed by atoms with Gasteiger partial charge < -0.3 is 15.4 Å². The normalized spacial score (nSPS) is 15.9. The Morgan fingerprint density at radius 1 is 1.24 bits per heavy atom. The summed E-state index contributed by atoms with van der Waals surface area (Å²) in [5.74, 6) is -0.346.